The number of phenolic OH excluding ortho intramolecular Hbond substituents is 1. The number of pyridine rings is 1. The second kappa shape index (κ2) is 6.53. The van der Waals surface area contributed by atoms with Crippen LogP contribution in [-0.4, -0.2) is 20.4 Å². The molecule has 3 rings (SSSR count). The van der Waals surface area contributed by atoms with E-state index >= 15 is 0 Å². The summed E-state index contributed by atoms with van der Waals surface area (Å²) in [7, 11) is 0. The molecule has 24 heavy (non-hydrogen) atoms. The molecule has 5 nitrogen and oxygen atoms in total. The third-order valence-electron chi connectivity index (χ3n) is 3.75. The number of imidazole rings is 1. The molecule has 0 radical (unpaired) electrons. The molecule has 2 N–H and O–H groups in total. The van der Waals surface area contributed by atoms with Gasteiger partial charge in [0.25, 0.3) is 5.91 Å². The van der Waals surface area contributed by atoms with Crippen molar-refractivity contribution in [3.05, 3.63) is 58.5 Å². The van der Waals surface area contributed by atoms with Gasteiger partial charge in [-0.15, -0.1) is 0 Å². The number of hydrogen-bond acceptors (Lipinski definition) is 3. The van der Waals surface area contributed by atoms with Gasteiger partial charge in [-0.25, -0.2) is 4.98 Å². The number of benzene rings is 1. The van der Waals surface area contributed by atoms with E-state index in [0.717, 1.165) is 23.3 Å². The number of rotatable bonds is 4. The van der Waals surface area contributed by atoms with Gasteiger partial charge in [-0.1, -0.05) is 31.0 Å². The van der Waals surface area contributed by atoms with E-state index in [9.17, 15) is 9.90 Å². The number of amides is 1. The van der Waals surface area contributed by atoms with E-state index in [1.807, 2.05) is 32.2 Å². The minimum Gasteiger partial charge on any atom is -0.506 e. The summed E-state index contributed by atoms with van der Waals surface area (Å²) in [6, 6.07) is 8.38. The molecule has 0 aliphatic heterocycles. The molecular weight excluding hydrogens is 326 g/mol. The summed E-state index contributed by atoms with van der Waals surface area (Å²) in [5.74, 6) is -0.357. The van der Waals surface area contributed by atoms with E-state index in [2.05, 4.69) is 10.3 Å². The van der Waals surface area contributed by atoms with Crippen LogP contribution in [0.5, 0.6) is 5.75 Å². The Bertz CT molecular complexity index is 918. The Morgan fingerprint density at radius 3 is 2.88 bits per heavy atom. The lowest BCUT2D eigenvalue weighted by molar-refractivity contribution is 0.102. The third-order valence-corrected chi connectivity index (χ3v) is 3.98. The number of aryl methyl sites for hydroxylation is 2. The zero-order valence-corrected chi connectivity index (χ0v) is 14.3. The van der Waals surface area contributed by atoms with E-state index in [4.69, 9.17) is 11.6 Å². The Labute approximate surface area is 144 Å². The number of halogens is 1. The molecule has 6 heteroatoms. The first-order valence-electron chi connectivity index (χ1n) is 7.77. The van der Waals surface area contributed by atoms with Crippen molar-refractivity contribution >= 4 is 28.8 Å². The van der Waals surface area contributed by atoms with Crippen molar-refractivity contribution in [2.24, 2.45) is 0 Å². The average molecular weight is 344 g/mol. The summed E-state index contributed by atoms with van der Waals surface area (Å²) >= 11 is 5.94. The molecule has 0 saturated carbocycles. The highest BCUT2D eigenvalue weighted by molar-refractivity contribution is 6.31. The summed E-state index contributed by atoms with van der Waals surface area (Å²) in [5, 5.41) is 13.1. The molecule has 0 aliphatic rings. The summed E-state index contributed by atoms with van der Waals surface area (Å²) in [6.07, 6.45) is 3.46. The highest BCUT2D eigenvalue weighted by Gasteiger charge is 2.20. The number of carbonyl (C=O) groups is 1. The van der Waals surface area contributed by atoms with Gasteiger partial charge < -0.3 is 10.4 Å². The van der Waals surface area contributed by atoms with Crippen LogP contribution >= 0.6 is 11.6 Å². The molecule has 0 saturated heterocycles. The molecule has 0 aliphatic carbocycles. The third kappa shape index (κ3) is 3.08. The van der Waals surface area contributed by atoms with Crippen LogP contribution in [0.1, 0.15) is 35.1 Å². The van der Waals surface area contributed by atoms with Crippen molar-refractivity contribution in [3.8, 4) is 5.75 Å². The molecule has 0 bridgehead atoms. The van der Waals surface area contributed by atoms with Crippen LogP contribution in [0.4, 0.5) is 5.69 Å². The lowest BCUT2D eigenvalue weighted by atomic mass is 10.2. The number of nitrogens with zero attached hydrogens (tertiary/aromatic N) is 2. The standard InChI is InChI=1S/C18H18ClN3O2/c1-3-4-13-17(22-10-11(2)5-8-16(22)20-13)18(24)21-14-9-12(19)6-7-15(14)23/h5-10,23H,3-4H2,1-2H3,(H,21,24). The highest BCUT2D eigenvalue weighted by Crippen LogP contribution is 2.27. The van der Waals surface area contributed by atoms with Crippen molar-refractivity contribution in [1.82, 2.24) is 9.38 Å². The fourth-order valence-corrected chi connectivity index (χ4v) is 2.81. The van der Waals surface area contributed by atoms with Crippen LogP contribution in [0.3, 0.4) is 0 Å². The second-order valence-corrected chi connectivity index (χ2v) is 6.14. The van der Waals surface area contributed by atoms with Gasteiger partial charge in [0.2, 0.25) is 0 Å². The van der Waals surface area contributed by atoms with Crippen LogP contribution < -0.4 is 5.32 Å². The number of anilines is 1. The quantitative estimate of drug-likeness (QED) is 0.697. The van der Waals surface area contributed by atoms with Gasteiger partial charge in [0.15, 0.2) is 0 Å². The minimum absolute atomic E-state index is 0.0326. The molecular formula is C18H18ClN3O2. The van der Waals surface area contributed by atoms with Crippen LogP contribution in [0.25, 0.3) is 5.65 Å². The Morgan fingerprint density at radius 1 is 1.33 bits per heavy atom. The number of aromatic nitrogens is 2. The van der Waals surface area contributed by atoms with Crippen molar-refractivity contribution in [3.63, 3.8) is 0 Å². The number of aromatic hydroxyl groups is 1. The molecule has 0 fully saturated rings. The maximum absolute atomic E-state index is 12.8. The fraction of sp³-hybridized carbons (Fsp3) is 0.222. The first-order valence-corrected chi connectivity index (χ1v) is 8.15. The lowest BCUT2D eigenvalue weighted by Crippen LogP contribution is -2.16. The highest BCUT2D eigenvalue weighted by atomic mass is 35.5. The topological polar surface area (TPSA) is 66.6 Å². The number of fused-ring (bicyclic) bond motifs is 1. The van der Waals surface area contributed by atoms with Crippen LogP contribution in [-0.2, 0) is 6.42 Å². The van der Waals surface area contributed by atoms with Crippen molar-refractivity contribution in [1.29, 1.82) is 0 Å². The van der Waals surface area contributed by atoms with Gasteiger partial charge in [0, 0.05) is 11.2 Å². The predicted molar refractivity (Wildman–Crippen MR) is 95.0 cm³/mol. The molecule has 0 spiro atoms. The molecule has 0 unspecified atom stereocenters. The first kappa shape index (κ1) is 16.3. The van der Waals surface area contributed by atoms with Gasteiger partial charge >= 0.3 is 0 Å². The van der Waals surface area contributed by atoms with E-state index in [0.29, 0.717) is 17.1 Å². The number of nitrogens with one attached hydrogen (secondary N) is 1. The van der Waals surface area contributed by atoms with Gasteiger partial charge in [0.1, 0.15) is 17.1 Å². The van der Waals surface area contributed by atoms with Gasteiger partial charge in [-0.05, 0) is 43.2 Å². The molecule has 1 amide bonds. The predicted octanol–water partition coefficient (Wildman–Crippen LogP) is 4.21. The van der Waals surface area contributed by atoms with Crippen LogP contribution in [0.2, 0.25) is 5.02 Å². The maximum atomic E-state index is 12.8. The van der Waals surface area contributed by atoms with E-state index in [-0.39, 0.29) is 17.3 Å². The lowest BCUT2D eigenvalue weighted by Gasteiger charge is -2.09. The van der Waals surface area contributed by atoms with Crippen LogP contribution in [0.15, 0.2) is 36.5 Å². The van der Waals surface area contributed by atoms with Gasteiger partial charge in [-0.3, -0.25) is 9.20 Å². The smallest absolute Gasteiger partial charge is 0.274 e. The summed E-state index contributed by atoms with van der Waals surface area (Å²) in [6.45, 7) is 4.00. The normalized spacial score (nSPS) is 11.0. The van der Waals surface area contributed by atoms with E-state index in [1.54, 1.807) is 10.5 Å². The van der Waals surface area contributed by atoms with Crippen LogP contribution in [0, 0.1) is 6.92 Å². The zero-order valence-electron chi connectivity index (χ0n) is 13.5. The second-order valence-electron chi connectivity index (χ2n) is 5.71. The van der Waals surface area contributed by atoms with Crippen molar-refractivity contribution in [2.45, 2.75) is 26.7 Å². The fourth-order valence-electron chi connectivity index (χ4n) is 2.64. The minimum atomic E-state index is -0.325. The largest absolute Gasteiger partial charge is 0.506 e. The molecule has 1 aromatic carbocycles. The summed E-state index contributed by atoms with van der Waals surface area (Å²) in [4.78, 5) is 17.4. The van der Waals surface area contributed by atoms with Gasteiger partial charge in [0.05, 0.1) is 11.4 Å². The van der Waals surface area contributed by atoms with Gasteiger partial charge in [-0.2, -0.15) is 0 Å². The number of carbonyl (C=O) groups excluding carboxylic acids is 1. The zero-order chi connectivity index (χ0) is 17.3. The Morgan fingerprint density at radius 2 is 2.12 bits per heavy atom. The first-order chi connectivity index (χ1) is 11.5. The van der Waals surface area contributed by atoms with E-state index < -0.39 is 0 Å². The van der Waals surface area contributed by atoms with Crippen molar-refractivity contribution in [2.75, 3.05) is 5.32 Å². The van der Waals surface area contributed by atoms with E-state index in [1.165, 1.54) is 12.1 Å². The molecule has 124 valence electrons. The Kier molecular flexibility index (Phi) is 4.44. The SMILES string of the molecule is CCCc1nc2ccc(C)cn2c1C(=O)Nc1cc(Cl)ccc1O. The number of hydrogen-bond donors (Lipinski definition) is 2. The Hall–Kier alpha value is -2.53. The average Bonchev–Trinajstić information content (AvgIpc) is 2.88. The maximum Gasteiger partial charge on any atom is 0.274 e. The molecule has 2 heterocycles. The van der Waals surface area contributed by atoms with Crippen molar-refractivity contribution < 1.29 is 9.90 Å². The molecule has 2 aromatic heterocycles. The number of phenols is 1. The monoisotopic (exact) mass is 343 g/mol. The Balaban J connectivity index is 2.06. The summed E-state index contributed by atoms with van der Waals surface area (Å²) < 4.78 is 1.79. The molecule has 0 atom stereocenters. The summed E-state index contributed by atoms with van der Waals surface area (Å²) in [5.41, 5.74) is 3.25. The molecule has 3 aromatic rings.